The minimum atomic E-state index is -0.818. The second kappa shape index (κ2) is 13.6. The predicted molar refractivity (Wildman–Crippen MR) is 232 cm³/mol. The van der Waals surface area contributed by atoms with E-state index in [1.165, 1.54) is 44.2 Å². The van der Waals surface area contributed by atoms with E-state index in [9.17, 15) is 19.1 Å². The molecule has 332 valence electrons. The van der Waals surface area contributed by atoms with Crippen molar-refractivity contribution in [2.45, 2.75) is 164 Å². The molecule has 2 aromatic rings. The molecule has 0 bridgehead atoms. The molecule has 7 saturated carbocycles. The van der Waals surface area contributed by atoms with Gasteiger partial charge < -0.3 is 19.7 Å². The van der Waals surface area contributed by atoms with E-state index in [1.54, 1.807) is 12.1 Å². The number of imidazole rings is 1. The number of nitrogens with zero attached hydrogens (tertiary/aromatic N) is 2. The first kappa shape index (κ1) is 41.8. The SMILES string of the molecule is CC1(C2CC[C@]3(C(=O)N4CCC[C@H]4c4ncc(-c5ccc(F)cc5)[nH]4)CC[C@]4(C)[C@H](CC[C@@H]5[C@@]6(C)CC[C@H](OC(=O)C7CC(C(=O)O)C7(C)C)C(C)(C)[C@@H]6CC[C@]54C)[C@@H]23)CC1. The summed E-state index contributed by atoms with van der Waals surface area (Å²) in [6, 6.07) is 6.47. The number of H-pyrrole nitrogens is 1. The van der Waals surface area contributed by atoms with Crippen LogP contribution in [0.2, 0.25) is 0 Å². The van der Waals surface area contributed by atoms with Gasteiger partial charge in [0.25, 0.3) is 0 Å². The van der Waals surface area contributed by atoms with Crippen LogP contribution in [0.25, 0.3) is 11.3 Å². The molecule has 1 saturated heterocycles. The van der Waals surface area contributed by atoms with Crippen LogP contribution in [0.15, 0.2) is 30.5 Å². The zero-order valence-electron chi connectivity index (χ0n) is 38.2. The molecule has 1 aromatic carbocycles. The molecule has 61 heavy (non-hydrogen) atoms. The van der Waals surface area contributed by atoms with Crippen LogP contribution in [0.4, 0.5) is 4.39 Å². The highest BCUT2D eigenvalue weighted by Gasteiger charge is 2.74. The van der Waals surface area contributed by atoms with Crippen molar-refractivity contribution in [2.24, 2.45) is 79.3 Å². The quantitative estimate of drug-likeness (QED) is 0.269. The van der Waals surface area contributed by atoms with Crippen LogP contribution in [0.5, 0.6) is 0 Å². The lowest BCUT2D eigenvalue weighted by Crippen LogP contribution is -2.67. The second-order valence-corrected chi connectivity index (χ2v) is 24.3. The van der Waals surface area contributed by atoms with E-state index in [4.69, 9.17) is 9.72 Å². The van der Waals surface area contributed by atoms with E-state index in [-0.39, 0.29) is 56.9 Å². The van der Waals surface area contributed by atoms with Crippen molar-refractivity contribution in [1.82, 2.24) is 14.9 Å². The Kier molecular flexibility index (Phi) is 9.34. The maximum Gasteiger partial charge on any atom is 0.309 e. The molecule has 1 aromatic heterocycles. The molecule has 10 rings (SSSR count). The van der Waals surface area contributed by atoms with Gasteiger partial charge >= 0.3 is 11.9 Å². The average molecular weight is 838 g/mol. The number of aliphatic carboxylic acids is 1. The first-order chi connectivity index (χ1) is 28.7. The molecule has 2 N–H and O–H groups in total. The van der Waals surface area contributed by atoms with Crippen molar-refractivity contribution < 1.29 is 28.6 Å². The van der Waals surface area contributed by atoms with Gasteiger partial charge in [-0.1, -0.05) is 55.4 Å². The molecule has 1 aliphatic heterocycles. The highest BCUT2D eigenvalue weighted by molar-refractivity contribution is 5.85. The number of carboxylic acids is 1. The van der Waals surface area contributed by atoms with Crippen molar-refractivity contribution in [1.29, 1.82) is 0 Å². The summed E-state index contributed by atoms with van der Waals surface area (Å²) in [7, 11) is 0. The Bertz CT molecular complexity index is 2110. The number of carbonyl (C=O) groups excluding carboxylic acids is 2. The number of fused-ring (bicyclic) bond motifs is 7. The summed E-state index contributed by atoms with van der Waals surface area (Å²) in [5, 5.41) is 9.72. The normalized spacial score (nSPS) is 43.8. The molecule has 8 fully saturated rings. The topological polar surface area (TPSA) is 113 Å². The van der Waals surface area contributed by atoms with Crippen LogP contribution < -0.4 is 0 Å². The number of hydrogen-bond acceptors (Lipinski definition) is 5. The number of likely N-dealkylation sites (tertiary alicyclic amines) is 1. The van der Waals surface area contributed by atoms with Crippen molar-refractivity contribution in [3.05, 3.63) is 42.1 Å². The molecule has 8 aliphatic rings. The van der Waals surface area contributed by atoms with Crippen LogP contribution in [-0.4, -0.2) is 50.5 Å². The summed E-state index contributed by atoms with van der Waals surface area (Å²) in [5.41, 5.74) is 1.39. The first-order valence-corrected chi connectivity index (χ1v) is 24.3. The third kappa shape index (κ3) is 5.77. The number of carboxylic acid groups (broad SMARTS) is 1. The number of aromatic amines is 1. The summed E-state index contributed by atoms with van der Waals surface area (Å²) in [6.45, 7) is 19.8. The minimum absolute atomic E-state index is 0.0660. The van der Waals surface area contributed by atoms with Gasteiger partial charge in [0, 0.05) is 12.0 Å². The van der Waals surface area contributed by atoms with E-state index in [2.05, 4.69) is 51.4 Å². The van der Waals surface area contributed by atoms with E-state index in [0.29, 0.717) is 47.3 Å². The Morgan fingerprint density at radius 3 is 2.20 bits per heavy atom. The molecule has 0 radical (unpaired) electrons. The Labute approximate surface area is 363 Å². The number of halogens is 1. The van der Waals surface area contributed by atoms with Crippen LogP contribution in [-0.2, 0) is 19.1 Å². The van der Waals surface area contributed by atoms with E-state index in [1.807, 2.05) is 20.0 Å². The number of nitrogens with one attached hydrogen (secondary N) is 1. The third-order valence-corrected chi connectivity index (χ3v) is 21.4. The number of amides is 1. The van der Waals surface area contributed by atoms with Gasteiger partial charge in [-0.15, -0.1) is 0 Å². The molecule has 13 atom stereocenters. The Morgan fingerprint density at radius 1 is 0.770 bits per heavy atom. The number of aromatic nitrogens is 2. The maximum atomic E-state index is 15.7. The molecular formula is C52H72FN3O5. The smallest absolute Gasteiger partial charge is 0.309 e. The van der Waals surface area contributed by atoms with Crippen LogP contribution in [0.3, 0.4) is 0 Å². The van der Waals surface area contributed by atoms with Crippen molar-refractivity contribution >= 4 is 17.8 Å². The zero-order chi connectivity index (χ0) is 43.3. The fourth-order valence-electron chi connectivity index (χ4n) is 17.3. The van der Waals surface area contributed by atoms with Crippen molar-refractivity contribution in [3.63, 3.8) is 0 Å². The minimum Gasteiger partial charge on any atom is -0.481 e. The van der Waals surface area contributed by atoms with E-state index >= 15 is 4.79 Å². The summed E-state index contributed by atoms with van der Waals surface area (Å²) in [6.07, 6.45) is 17.3. The van der Waals surface area contributed by atoms with Crippen LogP contribution >= 0.6 is 0 Å². The summed E-state index contributed by atoms with van der Waals surface area (Å²) >= 11 is 0. The molecule has 1 amide bonds. The molecule has 8 nitrogen and oxygen atoms in total. The predicted octanol–water partition coefficient (Wildman–Crippen LogP) is 11.4. The van der Waals surface area contributed by atoms with Gasteiger partial charge in [0.15, 0.2) is 0 Å². The standard InChI is InChI=1S/C52H72FN3O5/c1-46(2)34(43(57)58)28-35(46)44(59)61-40-19-20-49(6)38(47(40,3)4)18-21-51(8)39(49)16-15-33-41-32(48(5)23-24-48)17-22-52(41,26-25-50(33,51)7)45(60)56-27-9-10-37(56)42-54-29-36(55-42)30-11-13-31(53)14-12-30/h11-14,29,32-35,37-41H,9-10,15-28H2,1-8H3,(H,54,55)(H,57,58)/t32?,33-,34?,35?,37+,38+,39-,40+,41-,49+,50-,51-,52+/m1/s1. The van der Waals surface area contributed by atoms with Gasteiger partial charge in [-0.25, -0.2) is 9.37 Å². The van der Waals surface area contributed by atoms with Crippen molar-refractivity contribution in [3.8, 4) is 11.3 Å². The molecule has 3 unspecified atom stereocenters. The van der Waals surface area contributed by atoms with Gasteiger partial charge in [-0.2, -0.15) is 0 Å². The summed E-state index contributed by atoms with van der Waals surface area (Å²) < 4.78 is 20.2. The van der Waals surface area contributed by atoms with Gasteiger partial charge in [-0.05, 0) is 183 Å². The molecule has 7 aliphatic carbocycles. The van der Waals surface area contributed by atoms with Gasteiger partial charge in [0.05, 0.1) is 35.2 Å². The van der Waals surface area contributed by atoms with Gasteiger partial charge in [0.1, 0.15) is 17.7 Å². The average Bonchev–Trinajstić information content (AvgIpc) is 3.58. The molecule has 0 spiro atoms. The zero-order valence-corrected chi connectivity index (χ0v) is 38.2. The van der Waals surface area contributed by atoms with Crippen LogP contribution in [0, 0.1) is 85.1 Å². The monoisotopic (exact) mass is 838 g/mol. The number of ether oxygens (including phenoxy) is 1. The van der Waals surface area contributed by atoms with Gasteiger partial charge in [-0.3, -0.25) is 14.4 Å². The number of hydrogen-bond donors (Lipinski definition) is 2. The van der Waals surface area contributed by atoms with Crippen LogP contribution in [0.1, 0.15) is 164 Å². The number of rotatable bonds is 7. The highest BCUT2D eigenvalue weighted by Crippen LogP contribution is 2.79. The number of carbonyl (C=O) groups is 3. The van der Waals surface area contributed by atoms with E-state index < -0.39 is 17.3 Å². The highest BCUT2D eigenvalue weighted by atomic mass is 19.1. The number of benzene rings is 1. The second-order valence-electron chi connectivity index (χ2n) is 24.3. The number of esters is 1. The molecule has 2 heterocycles. The third-order valence-electron chi connectivity index (χ3n) is 21.4. The van der Waals surface area contributed by atoms with E-state index in [0.717, 1.165) is 81.4 Å². The largest absolute Gasteiger partial charge is 0.481 e. The lowest BCUT2D eigenvalue weighted by atomic mass is 9.32. The summed E-state index contributed by atoms with van der Waals surface area (Å²) in [5.74, 6) is 1.58. The molecular weight excluding hydrogens is 766 g/mol. The fourth-order valence-corrected chi connectivity index (χ4v) is 17.3. The fraction of sp³-hybridized carbons (Fsp3) is 0.769. The molecule has 9 heteroatoms. The lowest BCUT2D eigenvalue weighted by Gasteiger charge is -2.73. The Balaban J connectivity index is 0.912. The maximum absolute atomic E-state index is 15.7. The summed E-state index contributed by atoms with van der Waals surface area (Å²) in [4.78, 5) is 51.9. The Morgan fingerprint density at radius 2 is 1.51 bits per heavy atom. The van der Waals surface area contributed by atoms with Crippen molar-refractivity contribution in [2.75, 3.05) is 6.54 Å². The lowest BCUT2D eigenvalue weighted by molar-refractivity contribution is -0.253. The Hall–Kier alpha value is -3.23. The first-order valence-electron chi connectivity index (χ1n) is 24.3. The van der Waals surface area contributed by atoms with Gasteiger partial charge in [0.2, 0.25) is 5.91 Å².